The molecular formula is C24H22N2O5. The van der Waals surface area contributed by atoms with Gasteiger partial charge in [-0.3, -0.25) is 9.59 Å². The van der Waals surface area contributed by atoms with Gasteiger partial charge in [0.25, 0.3) is 11.8 Å². The lowest BCUT2D eigenvalue weighted by Gasteiger charge is -2.10. The number of ether oxygens (including phenoxy) is 2. The van der Waals surface area contributed by atoms with Crippen LogP contribution in [0, 0.1) is 6.92 Å². The molecule has 2 amide bonds. The lowest BCUT2D eigenvalue weighted by atomic mass is 10.1. The van der Waals surface area contributed by atoms with Crippen molar-refractivity contribution in [3.63, 3.8) is 0 Å². The Labute approximate surface area is 180 Å². The summed E-state index contributed by atoms with van der Waals surface area (Å²) in [6.07, 6.45) is 0. The molecule has 31 heavy (non-hydrogen) atoms. The fraction of sp³-hybridized carbons (Fsp3) is 0.125. The highest BCUT2D eigenvalue weighted by Gasteiger charge is 2.13. The number of esters is 1. The Morgan fingerprint density at radius 1 is 0.839 bits per heavy atom. The van der Waals surface area contributed by atoms with Crippen molar-refractivity contribution in [2.24, 2.45) is 0 Å². The van der Waals surface area contributed by atoms with Gasteiger partial charge in [0, 0.05) is 11.3 Å². The van der Waals surface area contributed by atoms with Crippen molar-refractivity contribution in [1.29, 1.82) is 0 Å². The van der Waals surface area contributed by atoms with Gasteiger partial charge in [-0.05, 0) is 55.0 Å². The molecule has 2 N–H and O–H groups in total. The molecule has 0 aliphatic heterocycles. The number of para-hydroxylation sites is 2. The van der Waals surface area contributed by atoms with Crippen LogP contribution in [0.15, 0.2) is 72.8 Å². The fourth-order valence-corrected chi connectivity index (χ4v) is 2.86. The van der Waals surface area contributed by atoms with E-state index < -0.39 is 18.5 Å². The van der Waals surface area contributed by atoms with Crippen LogP contribution in [0.25, 0.3) is 0 Å². The summed E-state index contributed by atoms with van der Waals surface area (Å²) < 4.78 is 10.3. The monoisotopic (exact) mass is 418 g/mol. The van der Waals surface area contributed by atoms with Gasteiger partial charge < -0.3 is 20.1 Å². The number of anilines is 2. The molecule has 3 aromatic rings. The van der Waals surface area contributed by atoms with Crippen LogP contribution in [0.4, 0.5) is 11.4 Å². The predicted molar refractivity (Wildman–Crippen MR) is 117 cm³/mol. The predicted octanol–water partition coefficient (Wildman–Crippen LogP) is 4.05. The first-order valence-corrected chi connectivity index (χ1v) is 9.55. The Bertz CT molecular complexity index is 1090. The Hall–Kier alpha value is -4.13. The Morgan fingerprint density at radius 3 is 2.23 bits per heavy atom. The average molecular weight is 418 g/mol. The summed E-state index contributed by atoms with van der Waals surface area (Å²) >= 11 is 0. The third-order valence-corrected chi connectivity index (χ3v) is 4.49. The Morgan fingerprint density at radius 2 is 1.52 bits per heavy atom. The molecule has 3 rings (SSSR count). The van der Waals surface area contributed by atoms with Gasteiger partial charge in [0.1, 0.15) is 5.75 Å². The van der Waals surface area contributed by atoms with Crippen LogP contribution in [0.3, 0.4) is 0 Å². The maximum atomic E-state index is 12.4. The molecule has 158 valence electrons. The lowest BCUT2D eigenvalue weighted by molar-refractivity contribution is -0.119. The topological polar surface area (TPSA) is 93.7 Å². The molecule has 0 bridgehead atoms. The lowest BCUT2D eigenvalue weighted by Crippen LogP contribution is -2.21. The summed E-state index contributed by atoms with van der Waals surface area (Å²) in [6, 6.07) is 20.4. The van der Waals surface area contributed by atoms with Crippen molar-refractivity contribution in [3.8, 4) is 5.75 Å². The number of rotatable bonds is 7. The molecule has 3 aromatic carbocycles. The van der Waals surface area contributed by atoms with Gasteiger partial charge in [-0.15, -0.1) is 0 Å². The van der Waals surface area contributed by atoms with Crippen LogP contribution in [0.5, 0.6) is 5.75 Å². The normalized spacial score (nSPS) is 10.1. The van der Waals surface area contributed by atoms with Crippen molar-refractivity contribution in [2.75, 3.05) is 24.4 Å². The summed E-state index contributed by atoms with van der Waals surface area (Å²) in [7, 11) is 1.53. The molecule has 0 heterocycles. The van der Waals surface area contributed by atoms with Crippen molar-refractivity contribution < 1.29 is 23.9 Å². The minimum Gasteiger partial charge on any atom is -0.495 e. The van der Waals surface area contributed by atoms with E-state index in [-0.39, 0.29) is 5.91 Å². The highest BCUT2D eigenvalue weighted by Crippen LogP contribution is 2.23. The number of carbonyl (C=O) groups excluding carboxylic acids is 3. The molecule has 0 saturated carbocycles. The first-order valence-electron chi connectivity index (χ1n) is 9.55. The molecule has 0 aromatic heterocycles. The van der Waals surface area contributed by atoms with Crippen LogP contribution in [0.1, 0.15) is 26.3 Å². The zero-order chi connectivity index (χ0) is 22.2. The van der Waals surface area contributed by atoms with Crippen LogP contribution in [-0.2, 0) is 9.53 Å². The smallest absolute Gasteiger partial charge is 0.338 e. The van der Waals surface area contributed by atoms with Gasteiger partial charge in [-0.1, -0.05) is 30.3 Å². The van der Waals surface area contributed by atoms with Crippen molar-refractivity contribution in [3.05, 3.63) is 89.5 Å². The van der Waals surface area contributed by atoms with Crippen molar-refractivity contribution in [1.82, 2.24) is 0 Å². The number of nitrogens with one attached hydrogen (secondary N) is 2. The maximum Gasteiger partial charge on any atom is 0.338 e. The first kappa shape index (κ1) is 21.6. The van der Waals surface area contributed by atoms with E-state index in [4.69, 9.17) is 9.47 Å². The largest absolute Gasteiger partial charge is 0.495 e. The highest BCUT2D eigenvalue weighted by atomic mass is 16.5. The average Bonchev–Trinajstić information content (AvgIpc) is 2.78. The van der Waals surface area contributed by atoms with E-state index in [0.717, 1.165) is 5.56 Å². The van der Waals surface area contributed by atoms with Crippen LogP contribution >= 0.6 is 0 Å². The van der Waals surface area contributed by atoms with E-state index in [9.17, 15) is 14.4 Å². The van der Waals surface area contributed by atoms with E-state index in [0.29, 0.717) is 28.3 Å². The highest BCUT2D eigenvalue weighted by molar-refractivity contribution is 6.05. The molecule has 7 nitrogen and oxygen atoms in total. The second kappa shape index (κ2) is 10.1. The van der Waals surface area contributed by atoms with E-state index in [1.54, 1.807) is 67.6 Å². The second-order valence-electron chi connectivity index (χ2n) is 6.67. The molecule has 0 atom stereocenters. The zero-order valence-electron chi connectivity index (χ0n) is 17.2. The summed E-state index contributed by atoms with van der Waals surface area (Å²) in [5, 5.41) is 5.41. The van der Waals surface area contributed by atoms with E-state index in [1.807, 2.05) is 12.1 Å². The SMILES string of the molecule is COc1ccccc1NC(=O)c1ccc(NC(=O)COC(=O)c2ccccc2C)cc1. The van der Waals surface area contributed by atoms with Gasteiger partial charge in [-0.25, -0.2) is 4.79 Å². The summed E-state index contributed by atoms with van der Waals surface area (Å²) in [4.78, 5) is 36.6. The van der Waals surface area contributed by atoms with Gasteiger partial charge >= 0.3 is 5.97 Å². The van der Waals surface area contributed by atoms with E-state index >= 15 is 0 Å². The Balaban J connectivity index is 1.54. The fourth-order valence-electron chi connectivity index (χ4n) is 2.86. The van der Waals surface area contributed by atoms with Gasteiger partial charge in [0.2, 0.25) is 0 Å². The standard InChI is InChI=1S/C24H22N2O5/c1-16-7-3-4-8-19(16)24(29)31-15-22(27)25-18-13-11-17(12-14-18)23(28)26-20-9-5-6-10-21(20)30-2/h3-14H,15H2,1-2H3,(H,25,27)(H,26,28). The van der Waals surface area contributed by atoms with Crippen LogP contribution in [0.2, 0.25) is 0 Å². The summed E-state index contributed by atoms with van der Waals surface area (Å²) in [5.41, 5.74) is 2.64. The number of aryl methyl sites for hydroxylation is 1. The minimum atomic E-state index is -0.559. The number of hydrogen-bond donors (Lipinski definition) is 2. The molecule has 0 spiro atoms. The minimum absolute atomic E-state index is 0.311. The Kier molecular flexibility index (Phi) is 7.01. The quantitative estimate of drug-likeness (QED) is 0.565. The third-order valence-electron chi connectivity index (χ3n) is 4.49. The summed E-state index contributed by atoms with van der Waals surface area (Å²) in [5.74, 6) is -0.792. The molecule has 0 aliphatic carbocycles. The number of benzene rings is 3. The molecule has 0 fully saturated rings. The summed E-state index contributed by atoms with van der Waals surface area (Å²) in [6.45, 7) is 1.38. The van der Waals surface area contributed by atoms with Gasteiger partial charge in [0.15, 0.2) is 6.61 Å². The number of carbonyl (C=O) groups is 3. The van der Waals surface area contributed by atoms with Gasteiger partial charge in [0.05, 0.1) is 18.4 Å². The zero-order valence-corrected chi connectivity index (χ0v) is 17.2. The maximum absolute atomic E-state index is 12.4. The molecule has 0 aliphatic rings. The van der Waals surface area contributed by atoms with Crippen molar-refractivity contribution in [2.45, 2.75) is 6.92 Å². The molecule has 0 radical (unpaired) electrons. The third kappa shape index (κ3) is 5.70. The van der Waals surface area contributed by atoms with E-state index in [1.165, 1.54) is 7.11 Å². The van der Waals surface area contributed by atoms with Crippen LogP contribution in [-0.4, -0.2) is 31.5 Å². The van der Waals surface area contributed by atoms with Crippen molar-refractivity contribution >= 4 is 29.2 Å². The molecule has 0 unspecified atom stereocenters. The number of amides is 2. The molecular weight excluding hydrogens is 396 g/mol. The number of hydrogen-bond acceptors (Lipinski definition) is 5. The molecule has 0 saturated heterocycles. The van der Waals surface area contributed by atoms with Gasteiger partial charge in [-0.2, -0.15) is 0 Å². The molecule has 7 heteroatoms. The number of methoxy groups -OCH3 is 1. The first-order chi connectivity index (χ1) is 15.0. The second-order valence-corrected chi connectivity index (χ2v) is 6.67. The van der Waals surface area contributed by atoms with Crippen LogP contribution < -0.4 is 15.4 Å². The van der Waals surface area contributed by atoms with E-state index in [2.05, 4.69) is 10.6 Å².